The number of halogens is 1. The maximum atomic E-state index is 12.2. The zero-order chi connectivity index (χ0) is 16.5. The lowest BCUT2D eigenvalue weighted by Crippen LogP contribution is -2.22. The van der Waals surface area contributed by atoms with E-state index in [0.29, 0.717) is 11.5 Å². The molecule has 0 saturated carbocycles. The van der Waals surface area contributed by atoms with Gasteiger partial charge in [-0.2, -0.15) is 0 Å². The maximum absolute atomic E-state index is 12.2. The van der Waals surface area contributed by atoms with Gasteiger partial charge in [0.05, 0.1) is 27.8 Å². The van der Waals surface area contributed by atoms with Gasteiger partial charge in [0.15, 0.2) is 5.78 Å². The van der Waals surface area contributed by atoms with Crippen molar-refractivity contribution in [1.82, 2.24) is 0 Å². The Morgan fingerprint density at radius 2 is 1.86 bits per heavy atom. The lowest BCUT2D eigenvalue weighted by Gasteiger charge is -2.14. The van der Waals surface area contributed by atoms with E-state index in [2.05, 4.69) is 15.9 Å². The highest BCUT2D eigenvalue weighted by Gasteiger charge is 2.25. The summed E-state index contributed by atoms with van der Waals surface area (Å²) in [6.07, 6.45) is 0.375. The van der Waals surface area contributed by atoms with Gasteiger partial charge in [0.25, 0.3) is 0 Å². The molecule has 1 rings (SSSR count). The molecular weight excluding hydrogens is 372 g/mol. The van der Waals surface area contributed by atoms with Crippen molar-refractivity contribution >= 4 is 45.0 Å². The van der Waals surface area contributed by atoms with E-state index < -0.39 is 11.9 Å². The minimum Gasteiger partial charge on any atom is -0.466 e. The third-order valence-corrected chi connectivity index (χ3v) is 4.57. The molecule has 1 aromatic heterocycles. The number of Topliss-reactive ketones (excluding diaryl/α,β-unsaturated/α-hetero) is 1. The molecule has 1 atom stereocenters. The van der Waals surface area contributed by atoms with E-state index in [0.717, 1.165) is 3.79 Å². The summed E-state index contributed by atoms with van der Waals surface area (Å²) in [5.41, 5.74) is 0. The van der Waals surface area contributed by atoms with E-state index in [4.69, 9.17) is 9.47 Å². The Hall–Kier alpha value is -1.21. The first-order chi connectivity index (χ1) is 10.5. The summed E-state index contributed by atoms with van der Waals surface area (Å²) in [7, 11) is 0. The van der Waals surface area contributed by atoms with Gasteiger partial charge in [-0.25, -0.2) is 0 Å². The lowest BCUT2D eigenvalue weighted by atomic mass is 9.96. The monoisotopic (exact) mass is 390 g/mol. The third kappa shape index (κ3) is 6.27. The molecule has 1 aromatic rings. The molecule has 0 amide bonds. The van der Waals surface area contributed by atoms with Gasteiger partial charge in [-0.15, -0.1) is 11.3 Å². The van der Waals surface area contributed by atoms with E-state index in [-0.39, 0.29) is 37.6 Å². The average Bonchev–Trinajstić information content (AvgIpc) is 2.90. The molecular formula is C15H19BrO5S. The van der Waals surface area contributed by atoms with Crippen LogP contribution in [-0.2, 0) is 19.1 Å². The third-order valence-electron chi connectivity index (χ3n) is 2.90. The summed E-state index contributed by atoms with van der Waals surface area (Å²) in [6, 6.07) is 3.50. The van der Waals surface area contributed by atoms with Crippen molar-refractivity contribution in [2.45, 2.75) is 33.1 Å². The van der Waals surface area contributed by atoms with Crippen molar-refractivity contribution < 1.29 is 23.9 Å². The van der Waals surface area contributed by atoms with Gasteiger partial charge in [0, 0.05) is 12.8 Å². The average molecular weight is 391 g/mol. The molecule has 0 saturated heterocycles. The number of hydrogen-bond donors (Lipinski definition) is 0. The smallest absolute Gasteiger partial charge is 0.309 e. The molecule has 0 N–H and O–H groups in total. The molecule has 0 bridgehead atoms. The molecule has 0 aromatic carbocycles. The van der Waals surface area contributed by atoms with Gasteiger partial charge < -0.3 is 9.47 Å². The van der Waals surface area contributed by atoms with E-state index in [1.807, 2.05) is 0 Å². The van der Waals surface area contributed by atoms with Crippen LogP contribution < -0.4 is 0 Å². The molecule has 5 nitrogen and oxygen atoms in total. The van der Waals surface area contributed by atoms with Crippen molar-refractivity contribution in [3.63, 3.8) is 0 Å². The quantitative estimate of drug-likeness (QED) is 0.475. The van der Waals surface area contributed by atoms with E-state index in [9.17, 15) is 14.4 Å². The van der Waals surface area contributed by atoms with Gasteiger partial charge in [0.2, 0.25) is 0 Å². The lowest BCUT2D eigenvalue weighted by molar-refractivity contribution is -0.149. The Balaban J connectivity index is 2.66. The summed E-state index contributed by atoms with van der Waals surface area (Å²) in [6.45, 7) is 3.97. The molecule has 7 heteroatoms. The second-order valence-electron chi connectivity index (χ2n) is 4.52. The topological polar surface area (TPSA) is 69.7 Å². The van der Waals surface area contributed by atoms with Crippen LogP contribution in [0.1, 0.15) is 42.8 Å². The van der Waals surface area contributed by atoms with Crippen LogP contribution in [0.5, 0.6) is 0 Å². The minimum absolute atomic E-state index is 0.0329. The van der Waals surface area contributed by atoms with E-state index in [1.165, 1.54) is 11.3 Å². The fraction of sp³-hybridized carbons (Fsp3) is 0.533. The molecule has 22 heavy (non-hydrogen) atoms. The first kappa shape index (κ1) is 18.8. The summed E-state index contributed by atoms with van der Waals surface area (Å²) < 4.78 is 10.7. The van der Waals surface area contributed by atoms with Crippen LogP contribution in [0.2, 0.25) is 0 Å². The fourth-order valence-electron chi connectivity index (χ4n) is 1.88. The van der Waals surface area contributed by atoms with Crippen molar-refractivity contribution in [2.24, 2.45) is 5.92 Å². The van der Waals surface area contributed by atoms with Crippen molar-refractivity contribution in [2.75, 3.05) is 13.2 Å². The molecule has 0 radical (unpaired) electrons. The van der Waals surface area contributed by atoms with Crippen LogP contribution in [0.15, 0.2) is 15.9 Å². The normalized spacial score (nSPS) is 11.8. The highest BCUT2D eigenvalue weighted by Crippen LogP contribution is 2.25. The van der Waals surface area contributed by atoms with Gasteiger partial charge in [-0.3, -0.25) is 14.4 Å². The van der Waals surface area contributed by atoms with E-state index in [1.54, 1.807) is 26.0 Å². The van der Waals surface area contributed by atoms with Gasteiger partial charge in [0.1, 0.15) is 0 Å². The molecule has 122 valence electrons. The molecule has 0 spiro atoms. The highest BCUT2D eigenvalue weighted by atomic mass is 79.9. The first-order valence-electron chi connectivity index (χ1n) is 7.08. The zero-order valence-electron chi connectivity index (χ0n) is 12.6. The Morgan fingerprint density at radius 3 is 2.41 bits per heavy atom. The first-order valence-corrected chi connectivity index (χ1v) is 8.69. The van der Waals surface area contributed by atoms with Crippen LogP contribution in [-0.4, -0.2) is 30.9 Å². The van der Waals surface area contributed by atoms with Crippen LogP contribution in [0, 0.1) is 5.92 Å². The molecule has 1 heterocycles. The number of thiophene rings is 1. The summed E-state index contributed by atoms with van der Waals surface area (Å²) in [5.74, 6) is -1.57. The summed E-state index contributed by atoms with van der Waals surface area (Å²) >= 11 is 4.62. The molecule has 0 fully saturated rings. The number of hydrogen-bond acceptors (Lipinski definition) is 6. The number of ether oxygens (including phenoxy) is 2. The molecule has 0 aliphatic carbocycles. The van der Waals surface area contributed by atoms with Crippen molar-refractivity contribution in [1.29, 1.82) is 0 Å². The number of esters is 2. The number of rotatable bonds is 9. The molecule has 0 aliphatic heterocycles. The molecule has 0 aliphatic rings. The van der Waals surface area contributed by atoms with Gasteiger partial charge >= 0.3 is 11.9 Å². The standard InChI is InChI=1S/C15H19BrO5S/c1-3-20-14(18)8-5-10(15(19)21-4-2)9-11(17)12-6-7-13(16)22-12/h6-7,10H,3-5,8-9H2,1-2H3/t10-/m1/s1. The highest BCUT2D eigenvalue weighted by molar-refractivity contribution is 9.11. The maximum Gasteiger partial charge on any atom is 0.309 e. The predicted molar refractivity (Wildman–Crippen MR) is 87.0 cm³/mol. The van der Waals surface area contributed by atoms with Crippen LogP contribution in [0.25, 0.3) is 0 Å². The van der Waals surface area contributed by atoms with Crippen LogP contribution >= 0.6 is 27.3 Å². The van der Waals surface area contributed by atoms with Crippen molar-refractivity contribution in [3.05, 3.63) is 20.8 Å². The minimum atomic E-state index is -0.627. The second kappa shape index (κ2) is 9.74. The Morgan fingerprint density at radius 1 is 1.18 bits per heavy atom. The SMILES string of the molecule is CCOC(=O)CC[C@H](CC(=O)c1ccc(Br)s1)C(=O)OCC. The Labute approximate surface area is 142 Å². The zero-order valence-corrected chi connectivity index (χ0v) is 15.0. The summed E-state index contributed by atoms with van der Waals surface area (Å²) in [5, 5.41) is 0. The van der Waals surface area contributed by atoms with E-state index >= 15 is 0 Å². The van der Waals surface area contributed by atoms with Crippen LogP contribution in [0.4, 0.5) is 0 Å². The number of carbonyl (C=O) groups excluding carboxylic acids is 3. The fourth-order valence-corrected chi connectivity index (χ4v) is 3.21. The Bertz CT molecular complexity index is 526. The van der Waals surface area contributed by atoms with Gasteiger partial charge in [-0.1, -0.05) is 0 Å². The molecule has 0 unspecified atom stereocenters. The second-order valence-corrected chi connectivity index (χ2v) is 6.99. The summed E-state index contributed by atoms with van der Waals surface area (Å²) in [4.78, 5) is 36.2. The van der Waals surface area contributed by atoms with Crippen molar-refractivity contribution in [3.8, 4) is 0 Å². The predicted octanol–water partition coefficient (Wildman–Crippen LogP) is 3.61. The van der Waals surface area contributed by atoms with Crippen LogP contribution in [0.3, 0.4) is 0 Å². The number of ketones is 1. The number of carbonyl (C=O) groups is 3. The largest absolute Gasteiger partial charge is 0.466 e. The Kier molecular flexibility index (Phi) is 8.34. The van der Waals surface area contributed by atoms with Gasteiger partial charge in [-0.05, 0) is 48.3 Å².